The lowest BCUT2D eigenvalue weighted by Crippen LogP contribution is -2.33. The van der Waals surface area contributed by atoms with Crippen LogP contribution in [0.2, 0.25) is 0 Å². The fourth-order valence-electron chi connectivity index (χ4n) is 2.42. The number of nitriles is 1. The summed E-state index contributed by atoms with van der Waals surface area (Å²) in [4.78, 5) is 12.0. The average molecular weight is 302 g/mol. The molecule has 0 amide bonds. The van der Waals surface area contributed by atoms with Gasteiger partial charge in [0.15, 0.2) is 0 Å². The van der Waals surface area contributed by atoms with Crippen molar-refractivity contribution in [2.75, 3.05) is 18.0 Å². The minimum atomic E-state index is -4.67. The van der Waals surface area contributed by atoms with Gasteiger partial charge in [-0.15, -0.1) is 0 Å². The Bertz CT molecular complexity index is 609. The van der Waals surface area contributed by atoms with Crippen molar-refractivity contribution in [3.8, 4) is 6.07 Å². The molecule has 112 valence electrons. The summed E-state index contributed by atoms with van der Waals surface area (Å²) < 4.78 is 52.4. The molecule has 1 aromatic carbocycles. The summed E-state index contributed by atoms with van der Waals surface area (Å²) in [5.74, 6) is -6.10. The summed E-state index contributed by atoms with van der Waals surface area (Å²) in [7, 11) is 0. The molecule has 0 bridgehead atoms. The van der Waals surface area contributed by atoms with Crippen LogP contribution in [0.15, 0.2) is 18.2 Å². The number of aliphatic carboxylic acids is 1. The van der Waals surface area contributed by atoms with Gasteiger partial charge < -0.3 is 10.0 Å². The molecule has 1 aromatic rings. The second-order valence-electron chi connectivity index (χ2n) is 4.78. The predicted octanol–water partition coefficient (Wildman–Crippen LogP) is 2.40. The molecule has 1 aliphatic rings. The van der Waals surface area contributed by atoms with Crippen LogP contribution in [0.5, 0.6) is 0 Å². The molecule has 4 nitrogen and oxygen atoms in total. The smallest absolute Gasteiger partial charge is 0.394 e. The Morgan fingerprint density at radius 3 is 2.48 bits per heavy atom. The van der Waals surface area contributed by atoms with Crippen molar-refractivity contribution < 1.29 is 27.5 Å². The molecule has 1 fully saturated rings. The third-order valence-electron chi connectivity index (χ3n) is 3.47. The highest BCUT2D eigenvalue weighted by atomic mass is 19.4. The number of carbonyl (C=O) groups is 1. The number of benzene rings is 1. The van der Waals surface area contributed by atoms with E-state index in [4.69, 9.17) is 10.4 Å². The molecule has 0 radical (unpaired) electrons. The van der Waals surface area contributed by atoms with Crippen LogP contribution in [0.1, 0.15) is 5.56 Å². The Labute approximate surface area is 117 Å². The van der Waals surface area contributed by atoms with Gasteiger partial charge in [0.2, 0.25) is 0 Å². The van der Waals surface area contributed by atoms with E-state index >= 15 is 0 Å². The van der Waals surface area contributed by atoms with E-state index in [0.717, 1.165) is 11.0 Å². The lowest BCUT2D eigenvalue weighted by Gasteiger charge is -2.20. The van der Waals surface area contributed by atoms with Crippen molar-refractivity contribution in [2.45, 2.75) is 6.18 Å². The quantitative estimate of drug-likeness (QED) is 0.852. The van der Waals surface area contributed by atoms with E-state index in [0.29, 0.717) is 0 Å². The third kappa shape index (κ3) is 2.91. The molecule has 2 atom stereocenters. The summed E-state index contributed by atoms with van der Waals surface area (Å²) in [6, 6.07) is 5.08. The van der Waals surface area contributed by atoms with E-state index in [1.165, 1.54) is 12.1 Å². The van der Waals surface area contributed by atoms with Gasteiger partial charge in [-0.05, 0) is 18.2 Å². The molecule has 0 saturated carbocycles. The van der Waals surface area contributed by atoms with Gasteiger partial charge in [-0.3, -0.25) is 4.79 Å². The first-order valence-electron chi connectivity index (χ1n) is 5.98. The molecular weight excluding hydrogens is 292 g/mol. The summed E-state index contributed by atoms with van der Waals surface area (Å²) in [6.07, 6.45) is -4.67. The Morgan fingerprint density at radius 2 is 2.05 bits per heavy atom. The molecule has 0 spiro atoms. The summed E-state index contributed by atoms with van der Waals surface area (Å²) in [5.41, 5.74) is -0.0930. The van der Waals surface area contributed by atoms with Crippen molar-refractivity contribution in [1.29, 1.82) is 5.26 Å². The highest BCUT2D eigenvalue weighted by Crippen LogP contribution is 2.39. The van der Waals surface area contributed by atoms with Gasteiger partial charge in [-0.1, -0.05) is 0 Å². The molecule has 8 heteroatoms. The number of halogens is 4. The largest absolute Gasteiger partial charge is 0.481 e. The number of alkyl halides is 3. The standard InChI is InChI=1S/C13H10F4N2O2/c14-10-3-7(4-18)1-2-11(10)19-5-8(12(20)21)9(6-19)13(15,16)17/h1-3,8-9H,5-6H2,(H,20,21)/t8-,9-/m1/s1. The first-order valence-corrected chi connectivity index (χ1v) is 5.98. The van der Waals surface area contributed by atoms with E-state index in [-0.39, 0.29) is 11.3 Å². The monoisotopic (exact) mass is 302 g/mol. The molecule has 1 saturated heterocycles. The van der Waals surface area contributed by atoms with Crippen molar-refractivity contribution in [2.24, 2.45) is 11.8 Å². The Kier molecular flexibility index (Phi) is 3.77. The van der Waals surface area contributed by atoms with Crippen molar-refractivity contribution in [3.05, 3.63) is 29.6 Å². The van der Waals surface area contributed by atoms with Crippen molar-refractivity contribution in [1.82, 2.24) is 0 Å². The SMILES string of the molecule is N#Cc1ccc(N2C[C@@H](C(F)(F)F)[C@H](C(=O)O)C2)c(F)c1. The number of hydrogen-bond donors (Lipinski definition) is 1. The number of rotatable bonds is 2. The van der Waals surface area contributed by atoms with Gasteiger partial charge in [0, 0.05) is 13.1 Å². The zero-order valence-corrected chi connectivity index (χ0v) is 10.6. The third-order valence-corrected chi connectivity index (χ3v) is 3.47. The maximum absolute atomic E-state index is 13.8. The summed E-state index contributed by atoms with van der Waals surface area (Å²) in [6.45, 7) is -1.05. The van der Waals surface area contributed by atoms with E-state index in [1.54, 1.807) is 6.07 Å². The number of carboxylic acid groups (broad SMARTS) is 1. The average Bonchev–Trinajstić information content (AvgIpc) is 2.83. The molecule has 0 aliphatic carbocycles. The Morgan fingerprint density at radius 1 is 1.38 bits per heavy atom. The molecule has 21 heavy (non-hydrogen) atoms. The fraction of sp³-hybridized carbons (Fsp3) is 0.385. The van der Waals surface area contributed by atoms with Crippen LogP contribution in [0.4, 0.5) is 23.2 Å². The molecule has 1 heterocycles. The van der Waals surface area contributed by atoms with E-state index in [1.807, 2.05) is 0 Å². The van der Waals surface area contributed by atoms with Crippen LogP contribution in [0.25, 0.3) is 0 Å². The minimum Gasteiger partial charge on any atom is -0.481 e. The van der Waals surface area contributed by atoms with Crippen LogP contribution < -0.4 is 4.90 Å². The number of carboxylic acids is 1. The molecule has 1 N–H and O–H groups in total. The zero-order valence-electron chi connectivity index (χ0n) is 10.6. The summed E-state index contributed by atoms with van der Waals surface area (Å²) >= 11 is 0. The highest BCUT2D eigenvalue weighted by molar-refractivity contribution is 5.73. The van der Waals surface area contributed by atoms with Gasteiger partial charge in [0.1, 0.15) is 5.82 Å². The Balaban J connectivity index is 2.31. The van der Waals surface area contributed by atoms with Gasteiger partial charge >= 0.3 is 12.1 Å². The Hall–Kier alpha value is -2.30. The van der Waals surface area contributed by atoms with Crippen LogP contribution in [-0.4, -0.2) is 30.3 Å². The van der Waals surface area contributed by atoms with Crippen molar-refractivity contribution >= 4 is 11.7 Å². The van der Waals surface area contributed by atoms with Gasteiger partial charge in [0.25, 0.3) is 0 Å². The van der Waals surface area contributed by atoms with Crippen molar-refractivity contribution in [3.63, 3.8) is 0 Å². The minimum absolute atomic E-state index is 0.0394. The maximum Gasteiger partial charge on any atom is 0.394 e. The topological polar surface area (TPSA) is 64.3 Å². The lowest BCUT2D eigenvalue weighted by molar-refractivity contribution is -0.187. The molecule has 1 aliphatic heterocycles. The molecule has 0 unspecified atom stereocenters. The van der Waals surface area contributed by atoms with Crippen LogP contribution >= 0.6 is 0 Å². The fourth-order valence-corrected chi connectivity index (χ4v) is 2.42. The van der Waals surface area contributed by atoms with Gasteiger partial charge in [-0.2, -0.15) is 18.4 Å². The number of nitrogens with zero attached hydrogens (tertiary/aromatic N) is 2. The van der Waals surface area contributed by atoms with Crippen LogP contribution in [-0.2, 0) is 4.79 Å². The molecule has 2 rings (SSSR count). The first kappa shape index (κ1) is 15.1. The zero-order chi connectivity index (χ0) is 15.8. The summed E-state index contributed by atoms with van der Waals surface area (Å²) in [5, 5.41) is 17.5. The molecule has 0 aromatic heterocycles. The normalized spacial score (nSPS) is 22.1. The lowest BCUT2D eigenvalue weighted by atomic mass is 9.96. The number of hydrogen-bond acceptors (Lipinski definition) is 3. The van der Waals surface area contributed by atoms with Gasteiger partial charge in [-0.25, -0.2) is 4.39 Å². The van der Waals surface area contributed by atoms with E-state index < -0.39 is 42.9 Å². The van der Waals surface area contributed by atoms with E-state index in [2.05, 4.69) is 0 Å². The van der Waals surface area contributed by atoms with Gasteiger partial charge in [0.05, 0.1) is 29.2 Å². The van der Waals surface area contributed by atoms with E-state index in [9.17, 15) is 22.4 Å². The highest BCUT2D eigenvalue weighted by Gasteiger charge is 2.52. The number of anilines is 1. The van der Waals surface area contributed by atoms with Crippen LogP contribution in [0.3, 0.4) is 0 Å². The molecular formula is C13H10F4N2O2. The predicted molar refractivity (Wildman–Crippen MR) is 64.0 cm³/mol. The second kappa shape index (κ2) is 5.24. The first-order chi connectivity index (χ1) is 9.74. The van der Waals surface area contributed by atoms with Crippen LogP contribution in [0, 0.1) is 29.0 Å². The second-order valence-corrected chi connectivity index (χ2v) is 4.78. The maximum atomic E-state index is 13.8.